The van der Waals surface area contributed by atoms with Gasteiger partial charge in [-0.25, -0.2) is 4.79 Å². The number of ketones is 1. The van der Waals surface area contributed by atoms with Crippen molar-refractivity contribution in [1.29, 1.82) is 0 Å². The van der Waals surface area contributed by atoms with Crippen LogP contribution in [0, 0.1) is 6.92 Å². The smallest absolute Gasteiger partial charge is 0.341 e. The summed E-state index contributed by atoms with van der Waals surface area (Å²) in [5, 5.41) is 8.63. The van der Waals surface area contributed by atoms with Crippen molar-refractivity contribution in [1.82, 2.24) is 0 Å². The van der Waals surface area contributed by atoms with E-state index in [4.69, 9.17) is 14.3 Å². The number of ether oxygens (including phenoxy) is 1. The van der Waals surface area contributed by atoms with Crippen LogP contribution < -0.4 is 4.74 Å². The van der Waals surface area contributed by atoms with Crippen LogP contribution in [0.25, 0.3) is 6.08 Å². The second-order valence-electron chi connectivity index (χ2n) is 4.33. The van der Waals surface area contributed by atoms with Gasteiger partial charge in [0, 0.05) is 5.56 Å². The number of carboxylic acid groups (broad SMARTS) is 1. The Bertz CT molecular complexity index is 681. The largest absolute Gasteiger partial charge is 0.481 e. The molecule has 0 saturated heterocycles. The van der Waals surface area contributed by atoms with Crippen LogP contribution in [-0.4, -0.2) is 23.5 Å². The molecule has 0 aliphatic carbocycles. The zero-order valence-corrected chi connectivity index (χ0v) is 11.4. The average molecular weight is 286 g/mol. The van der Waals surface area contributed by atoms with E-state index in [1.807, 2.05) is 0 Å². The van der Waals surface area contributed by atoms with Gasteiger partial charge in [0.1, 0.15) is 11.5 Å². The van der Waals surface area contributed by atoms with Crippen LogP contribution in [0.3, 0.4) is 0 Å². The Hall–Kier alpha value is -2.82. The van der Waals surface area contributed by atoms with Crippen LogP contribution in [0.15, 0.2) is 46.9 Å². The van der Waals surface area contributed by atoms with Crippen molar-refractivity contribution in [2.75, 3.05) is 6.61 Å². The fourth-order valence-corrected chi connectivity index (χ4v) is 1.70. The van der Waals surface area contributed by atoms with Crippen LogP contribution >= 0.6 is 0 Å². The number of benzene rings is 1. The highest BCUT2D eigenvalue weighted by atomic mass is 16.5. The lowest BCUT2D eigenvalue weighted by Gasteiger charge is -2.06. The Kier molecular flexibility index (Phi) is 4.56. The summed E-state index contributed by atoms with van der Waals surface area (Å²) in [7, 11) is 0. The molecule has 2 rings (SSSR count). The molecule has 5 heteroatoms. The van der Waals surface area contributed by atoms with Crippen molar-refractivity contribution in [2.24, 2.45) is 0 Å². The van der Waals surface area contributed by atoms with E-state index >= 15 is 0 Å². The predicted molar refractivity (Wildman–Crippen MR) is 76.4 cm³/mol. The Balaban J connectivity index is 2.13. The molecule has 0 bridgehead atoms. The van der Waals surface area contributed by atoms with E-state index in [1.54, 1.807) is 49.4 Å². The standard InChI is InChI=1S/C16H14O5/c1-11-6-9-15(21-11)13(17)8-7-12-4-2-3-5-14(12)20-10-16(18)19/h2-9H,10H2,1H3,(H,18,19)/b8-7+. The highest BCUT2D eigenvalue weighted by Crippen LogP contribution is 2.20. The van der Waals surface area contributed by atoms with Crippen LogP contribution in [0.1, 0.15) is 21.9 Å². The molecule has 0 aliphatic rings. The third-order valence-electron chi connectivity index (χ3n) is 2.67. The third-order valence-corrected chi connectivity index (χ3v) is 2.67. The van der Waals surface area contributed by atoms with E-state index in [2.05, 4.69) is 0 Å². The molecule has 0 aliphatic heterocycles. The van der Waals surface area contributed by atoms with Crippen LogP contribution in [0.2, 0.25) is 0 Å². The maximum Gasteiger partial charge on any atom is 0.341 e. The second kappa shape index (κ2) is 6.56. The second-order valence-corrected chi connectivity index (χ2v) is 4.33. The molecule has 0 spiro atoms. The SMILES string of the molecule is Cc1ccc(C(=O)/C=C/c2ccccc2OCC(=O)O)o1. The molecule has 108 valence electrons. The van der Waals surface area contributed by atoms with Crippen molar-refractivity contribution in [3.8, 4) is 5.75 Å². The number of para-hydroxylation sites is 1. The molecule has 5 nitrogen and oxygen atoms in total. The summed E-state index contributed by atoms with van der Waals surface area (Å²) >= 11 is 0. The molecule has 1 heterocycles. The molecule has 0 radical (unpaired) electrons. The normalized spacial score (nSPS) is 10.7. The fourth-order valence-electron chi connectivity index (χ4n) is 1.70. The minimum absolute atomic E-state index is 0.257. The van der Waals surface area contributed by atoms with Crippen LogP contribution in [-0.2, 0) is 4.79 Å². The number of rotatable bonds is 6. The summed E-state index contributed by atoms with van der Waals surface area (Å²) in [6, 6.07) is 10.2. The zero-order valence-electron chi connectivity index (χ0n) is 11.4. The predicted octanol–water partition coefficient (Wildman–Crippen LogP) is 2.95. The van der Waals surface area contributed by atoms with Crippen molar-refractivity contribution in [3.63, 3.8) is 0 Å². The molecular formula is C16H14O5. The quantitative estimate of drug-likeness (QED) is 0.652. The summed E-state index contributed by atoms with van der Waals surface area (Å²) in [6.07, 6.45) is 2.93. The summed E-state index contributed by atoms with van der Waals surface area (Å²) in [5.74, 6) is -0.00346. The van der Waals surface area contributed by atoms with Crippen molar-refractivity contribution < 1.29 is 23.8 Å². The number of allylic oxidation sites excluding steroid dienone is 1. The van der Waals surface area contributed by atoms with E-state index in [0.717, 1.165) is 0 Å². The molecule has 1 aromatic carbocycles. The molecular weight excluding hydrogens is 272 g/mol. The highest BCUT2D eigenvalue weighted by molar-refractivity contribution is 6.05. The number of hydrogen-bond donors (Lipinski definition) is 1. The molecule has 1 aromatic heterocycles. The average Bonchev–Trinajstić information content (AvgIpc) is 2.90. The number of carbonyl (C=O) groups is 2. The van der Waals surface area contributed by atoms with Gasteiger partial charge >= 0.3 is 5.97 Å². The number of aliphatic carboxylic acids is 1. The molecule has 21 heavy (non-hydrogen) atoms. The summed E-state index contributed by atoms with van der Waals surface area (Å²) in [4.78, 5) is 22.4. The minimum atomic E-state index is -1.06. The zero-order chi connectivity index (χ0) is 15.2. The van der Waals surface area contributed by atoms with Gasteiger partial charge in [-0.15, -0.1) is 0 Å². The van der Waals surface area contributed by atoms with Crippen molar-refractivity contribution in [2.45, 2.75) is 6.92 Å². The number of hydrogen-bond acceptors (Lipinski definition) is 4. The Morgan fingerprint density at radius 2 is 2.00 bits per heavy atom. The van der Waals surface area contributed by atoms with Gasteiger partial charge in [-0.3, -0.25) is 4.79 Å². The first-order chi connectivity index (χ1) is 10.1. The van der Waals surface area contributed by atoms with E-state index in [1.165, 1.54) is 6.08 Å². The number of furan rings is 1. The molecule has 0 saturated carbocycles. The number of aryl methyl sites for hydroxylation is 1. The van der Waals surface area contributed by atoms with E-state index in [9.17, 15) is 9.59 Å². The molecule has 0 amide bonds. The minimum Gasteiger partial charge on any atom is -0.481 e. The first-order valence-electron chi connectivity index (χ1n) is 6.29. The third kappa shape index (κ3) is 4.07. The lowest BCUT2D eigenvalue weighted by molar-refractivity contribution is -0.139. The maximum atomic E-state index is 11.9. The molecule has 0 atom stereocenters. The van der Waals surface area contributed by atoms with E-state index < -0.39 is 12.6 Å². The Morgan fingerprint density at radius 3 is 2.67 bits per heavy atom. The summed E-state index contributed by atoms with van der Waals surface area (Å²) in [5.41, 5.74) is 0.621. The lowest BCUT2D eigenvalue weighted by Crippen LogP contribution is -2.09. The fraction of sp³-hybridized carbons (Fsp3) is 0.125. The first kappa shape index (κ1) is 14.6. The van der Waals surface area contributed by atoms with Gasteiger partial charge in [0.2, 0.25) is 5.78 Å². The Labute approximate surface area is 121 Å². The number of carboxylic acids is 1. The van der Waals surface area contributed by atoms with E-state index in [-0.39, 0.29) is 11.5 Å². The van der Waals surface area contributed by atoms with Crippen molar-refractivity contribution in [3.05, 3.63) is 59.6 Å². The van der Waals surface area contributed by atoms with Gasteiger partial charge in [0.05, 0.1) is 0 Å². The summed E-state index contributed by atoms with van der Waals surface area (Å²) < 4.78 is 10.4. The van der Waals surface area contributed by atoms with Gasteiger partial charge in [0.15, 0.2) is 12.4 Å². The van der Waals surface area contributed by atoms with E-state index in [0.29, 0.717) is 17.1 Å². The monoisotopic (exact) mass is 286 g/mol. The summed E-state index contributed by atoms with van der Waals surface area (Å²) in [6.45, 7) is 1.33. The van der Waals surface area contributed by atoms with Crippen LogP contribution in [0.5, 0.6) is 5.75 Å². The maximum absolute atomic E-state index is 11.9. The highest BCUT2D eigenvalue weighted by Gasteiger charge is 2.07. The molecule has 1 N–H and O–H groups in total. The Morgan fingerprint density at radius 1 is 1.24 bits per heavy atom. The number of carbonyl (C=O) groups excluding carboxylic acids is 1. The van der Waals surface area contributed by atoms with Gasteiger partial charge in [0.25, 0.3) is 0 Å². The molecule has 0 unspecified atom stereocenters. The lowest BCUT2D eigenvalue weighted by atomic mass is 10.1. The van der Waals surface area contributed by atoms with Crippen LogP contribution in [0.4, 0.5) is 0 Å². The first-order valence-corrected chi connectivity index (χ1v) is 6.29. The van der Waals surface area contributed by atoms with Crippen molar-refractivity contribution >= 4 is 17.8 Å². The molecule has 0 fully saturated rings. The van der Waals surface area contributed by atoms with Gasteiger partial charge < -0.3 is 14.3 Å². The van der Waals surface area contributed by atoms with Gasteiger partial charge in [-0.2, -0.15) is 0 Å². The topological polar surface area (TPSA) is 76.7 Å². The molecule has 2 aromatic rings. The van der Waals surface area contributed by atoms with Gasteiger partial charge in [-0.1, -0.05) is 18.2 Å². The van der Waals surface area contributed by atoms with Gasteiger partial charge in [-0.05, 0) is 37.3 Å².